The Labute approximate surface area is 223 Å². The van der Waals surface area contributed by atoms with Crippen molar-refractivity contribution in [1.82, 2.24) is 5.32 Å². The molecule has 0 saturated heterocycles. The highest BCUT2D eigenvalue weighted by atomic mass is 32.2. The number of sulfonamides is 1. The number of para-hydroxylation sites is 1. The van der Waals surface area contributed by atoms with E-state index in [1.165, 1.54) is 10.6 Å². The molecular weight excluding hydrogens is 500 g/mol. The molecule has 1 N–H and O–H groups in total. The van der Waals surface area contributed by atoms with Crippen molar-refractivity contribution >= 4 is 21.6 Å². The van der Waals surface area contributed by atoms with Gasteiger partial charge in [-0.2, -0.15) is 0 Å². The maximum atomic E-state index is 12.6. The highest BCUT2D eigenvalue weighted by Crippen LogP contribution is 2.26. The summed E-state index contributed by atoms with van der Waals surface area (Å²) in [6.07, 6.45) is 1.17. The highest BCUT2D eigenvalue weighted by Gasteiger charge is 2.18. The van der Waals surface area contributed by atoms with Crippen LogP contribution >= 0.6 is 0 Å². The molecule has 0 bridgehead atoms. The normalized spacial score (nSPS) is 11.1. The van der Waals surface area contributed by atoms with Crippen LogP contribution in [0.5, 0.6) is 11.5 Å². The average molecular weight is 531 g/mol. The predicted molar refractivity (Wildman–Crippen MR) is 149 cm³/mol. The van der Waals surface area contributed by atoms with Gasteiger partial charge in [-0.25, -0.2) is 8.42 Å². The van der Waals surface area contributed by atoms with Gasteiger partial charge < -0.3 is 14.8 Å². The van der Waals surface area contributed by atoms with Gasteiger partial charge in [0, 0.05) is 12.1 Å². The molecule has 0 aliphatic rings. The molecule has 0 fully saturated rings. The van der Waals surface area contributed by atoms with E-state index < -0.39 is 10.0 Å². The Morgan fingerprint density at radius 3 is 2.00 bits per heavy atom. The van der Waals surface area contributed by atoms with E-state index in [0.29, 0.717) is 42.5 Å². The number of amides is 1. The van der Waals surface area contributed by atoms with Crippen LogP contribution in [0.3, 0.4) is 0 Å². The SMILES string of the molecule is CS(=O)(=O)N(Cc1ccc(C(=O)NCCOCc2ccccc2)cc1)c1ccc(Oc2ccccc2)cc1. The monoisotopic (exact) mass is 530 g/mol. The molecule has 8 heteroatoms. The Balaban J connectivity index is 1.31. The lowest BCUT2D eigenvalue weighted by Gasteiger charge is -2.23. The van der Waals surface area contributed by atoms with Gasteiger partial charge in [0.15, 0.2) is 0 Å². The summed E-state index contributed by atoms with van der Waals surface area (Å²) >= 11 is 0. The Kier molecular flexibility index (Phi) is 9.13. The zero-order valence-electron chi connectivity index (χ0n) is 21.1. The Morgan fingerprint density at radius 1 is 0.763 bits per heavy atom. The van der Waals surface area contributed by atoms with Crippen molar-refractivity contribution in [3.63, 3.8) is 0 Å². The molecule has 0 heterocycles. The summed E-state index contributed by atoms with van der Waals surface area (Å²) in [7, 11) is -3.55. The van der Waals surface area contributed by atoms with Crippen LogP contribution < -0.4 is 14.4 Å². The van der Waals surface area contributed by atoms with E-state index in [0.717, 1.165) is 11.1 Å². The molecule has 38 heavy (non-hydrogen) atoms. The number of rotatable bonds is 12. The summed E-state index contributed by atoms with van der Waals surface area (Å²) in [6, 6.07) is 33.0. The first-order valence-corrected chi connectivity index (χ1v) is 14.0. The molecule has 4 aromatic rings. The van der Waals surface area contributed by atoms with Crippen LogP contribution in [-0.2, 0) is 27.9 Å². The second-order valence-corrected chi connectivity index (χ2v) is 10.6. The first-order chi connectivity index (χ1) is 18.4. The standard InChI is InChI=1S/C30H30N2O5S/c1-38(34,35)32(27-16-18-29(19-17-27)37-28-10-6-3-7-11-28)22-24-12-14-26(15-13-24)30(33)31-20-21-36-23-25-8-4-2-5-9-25/h2-19H,20-23H2,1H3,(H,31,33). The molecule has 0 atom stereocenters. The molecule has 0 unspecified atom stereocenters. The zero-order valence-corrected chi connectivity index (χ0v) is 21.9. The average Bonchev–Trinajstić information content (AvgIpc) is 2.93. The van der Waals surface area contributed by atoms with Crippen molar-refractivity contribution in [3.8, 4) is 11.5 Å². The second kappa shape index (κ2) is 12.9. The van der Waals surface area contributed by atoms with Gasteiger partial charge in [-0.05, 0) is 59.7 Å². The van der Waals surface area contributed by atoms with Gasteiger partial charge in [0.25, 0.3) is 5.91 Å². The summed E-state index contributed by atoms with van der Waals surface area (Å²) in [6.45, 7) is 1.41. The number of hydrogen-bond donors (Lipinski definition) is 1. The minimum Gasteiger partial charge on any atom is -0.457 e. The fourth-order valence-electron chi connectivity index (χ4n) is 3.74. The second-order valence-electron chi connectivity index (χ2n) is 8.67. The fourth-order valence-corrected chi connectivity index (χ4v) is 4.62. The third-order valence-electron chi connectivity index (χ3n) is 5.69. The van der Waals surface area contributed by atoms with Gasteiger partial charge in [-0.1, -0.05) is 60.7 Å². The number of carbonyl (C=O) groups excluding carboxylic acids is 1. The summed E-state index contributed by atoms with van der Waals surface area (Å²) in [4.78, 5) is 12.5. The lowest BCUT2D eigenvalue weighted by atomic mass is 10.1. The van der Waals surface area contributed by atoms with Crippen molar-refractivity contribution in [3.05, 3.63) is 126 Å². The first-order valence-electron chi connectivity index (χ1n) is 12.2. The van der Waals surface area contributed by atoms with E-state index in [1.807, 2.05) is 60.7 Å². The van der Waals surface area contributed by atoms with Crippen LogP contribution in [-0.4, -0.2) is 33.7 Å². The molecule has 1 amide bonds. The highest BCUT2D eigenvalue weighted by molar-refractivity contribution is 7.92. The largest absolute Gasteiger partial charge is 0.457 e. The maximum absolute atomic E-state index is 12.6. The van der Waals surface area contributed by atoms with Crippen molar-refractivity contribution in [2.75, 3.05) is 23.7 Å². The summed E-state index contributed by atoms with van der Waals surface area (Å²) in [5.74, 6) is 1.09. The fraction of sp³-hybridized carbons (Fsp3) is 0.167. The van der Waals surface area contributed by atoms with E-state index in [2.05, 4.69) is 5.32 Å². The number of nitrogens with one attached hydrogen (secondary N) is 1. The number of hydrogen-bond acceptors (Lipinski definition) is 5. The Morgan fingerprint density at radius 2 is 1.37 bits per heavy atom. The molecule has 0 saturated carbocycles. The minimum absolute atomic E-state index is 0.132. The summed E-state index contributed by atoms with van der Waals surface area (Å²) < 4.78 is 37.8. The van der Waals surface area contributed by atoms with E-state index in [1.54, 1.807) is 48.5 Å². The van der Waals surface area contributed by atoms with Crippen molar-refractivity contribution in [1.29, 1.82) is 0 Å². The van der Waals surface area contributed by atoms with Crippen LogP contribution in [0.25, 0.3) is 0 Å². The molecule has 0 aliphatic carbocycles. The van der Waals surface area contributed by atoms with Crippen LogP contribution in [0, 0.1) is 0 Å². The van der Waals surface area contributed by atoms with Gasteiger partial charge in [0.05, 0.1) is 31.7 Å². The molecule has 0 radical (unpaired) electrons. The van der Waals surface area contributed by atoms with E-state index in [9.17, 15) is 13.2 Å². The lowest BCUT2D eigenvalue weighted by Crippen LogP contribution is -2.29. The summed E-state index contributed by atoms with van der Waals surface area (Å²) in [5, 5.41) is 2.84. The number of carbonyl (C=O) groups is 1. The molecule has 4 aromatic carbocycles. The van der Waals surface area contributed by atoms with Crippen molar-refractivity contribution in [2.45, 2.75) is 13.2 Å². The van der Waals surface area contributed by atoms with Crippen LogP contribution in [0.2, 0.25) is 0 Å². The number of benzene rings is 4. The van der Waals surface area contributed by atoms with Gasteiger partial charge in [-0.3, -0.25) is 9.10 Å². The molecule has 0 aliphatic heterocycles. The third kappa shape index (κ3) is 7.93. The van der Waals surface area contributed by atoms with E-state index >= 15 is 0 Å². The number of anilines is 1. The van der Waals surface area contributed by atoms with Gasteiger partial charge in [0.1, 0.15) is 11.5 Å². The quantitative estimate of drug-likeness (QED) is 0.248. The van der Waals surface area contributed by atoms with Crippen molar-refractivity contribution in [2.24, 2.45) is 0 Å². The molecule has 7 nitrogen and oxygen atoms in total. The maximum Gasteiger partial charge on any atom is 0.251 e. The lowest BCUT2D eigenvalue weighted by molar-refractivity contribution is 0.0901. The first kappa shape index (κ1) is 26.9. The van der Waals surface area contributed by atoms with Crippen molar-refractivity contribution < 1.29 is 22.7 Å². The molecule has 4 rings (SSSR count). The molecule has 196 valence electrons. The van der Waals surface area contributed by atoms with E-state index in [-0.39, 0.29) is 12.5 Å². The zero-order chi connectivity index (χ0) is 26.8. The van der Waals surface area contributed by atoms with Crippen LogP contribution in [0.4, 0.5) is 5.69 Å². The Hall–Kier alpha value is -4.14. The molecular formula is C30H30N2O5S. The molecule has 0 spiro atoms. The van der Waals surface area contributed by atoms with Crippen LogP contribution in [0.1, 0.15) is 21.5 Å². The minimum atomic E-state index is -3.55. The third-order valence-corrected chi connectivity index (χ3v) is 6.83. The van der Waals surface area contributed by atoms with Gasteiger partial charge >= 0.3 is 0 Å². The number of nitrogens with zero attached hydrogens (tertiary/aromatic N) is 1. The smallest absolute Gasteiger partial charge is 0.251 e. The molecule has 0 aromatic heterocycles. The Bertz CT molecular complexity index is 1410. The number of ether oxygens (including phenoxy) is 2. The van der Waals surface area contributed by atoms with Gasteiger partial charge in [0.2, 0.25) is 10.0 Å². The van der Waals surface area contributed by atoms with E-state index in [4.69, 9.17) is 9.47 Å². The predicted octanol–water partition coefficient (Wildman–Crippen LogP) is 5.39. The topological polar surface area (TPSA) is 84.9 Å². The summed E-state index contributed by atoms with van der Waals surface area (Å²) in [5.41, 5.74) is 2.84. The van der Waals surface area contributed by atoms with Crippen LogP contribution in [0.15, 0.2) is 109 Å². The van der Waals surface area contributed by atoms with Gasteiger partial charge in [-0.15, -0.1) is 0 Å².